The van der Waals surface area contributed by atoms with Crippen molar-refractivity contribution < 1.29 is 9.59 Å². The summed E-state index contributed by atoms with van der Waals surface area (Å²) in [5, 5.41) is 8.41. The second kappa shape index (κ2) is 9.09. The largest absolute Gasteiger partial charge is 0.355 e. The smallest absolute Gasteiger partial charge is 0.251 e. The van der Waals surface area contributed by atoms with E-state index in [-0.39, 0.29) is 18.4 Å². The van der Waals surface area contributed by atoms with Crippen LogP contribution < -0.4 is 16.0 Å². The minimum Gasteiger partial charge on any atom is -0.355 e. The van der Waals surface area contributed by atoms with Gasteiger partial charge in [0.1, 0.15) is 0 Å². The molecule has 0 spiro atoms. The fourth-order valence-electron chi connectivity index (χ4n) is 1.71. The fourth-order valence-corrected chi connectivity index (χ4v) is 1.71. The van der Waals surface area contributed by atoms with Crippen molar-refractivity contribution in [2.45, 2.75) is 26.3 Å². The zero-order chi connectivity index (χ0) is 14.8. The van der Waals surface area contributed by atoms with Gasteiger partial charge < -0.3 is 16.0 Å². The van der Waals surface area contributed by atoms with Crippen molar-refractivity contribution >= 4 is 11.8 Å². The zero-order valence-electron chi connectivity index (χ0n) is 12.2. The number of nitrogens with one attached hydrogen (secondary N) is 3. The van der Waals surface area contributed by atoms with Crippen LogP contribution >= 0.6 is 0 Å². The first-order chi connectivity index (χ1) is 9.67. The summed E-state index contributed by atoms with van der Waals surface area (Å²) >= 11 is 0. The highest BCUT2D eigenvalue weighted by molar-refractivity contribution is 5.96. The molecule has 0 bridgehead atoms. The number of hydrogen-bond donors (Lipinski definition) is 3. The Balaban J connectivity index is 2.36. The van der Waals surface area contributed by atoms with E-state index < -0.39 is 0 Å². The van der Waals surface area contributed by atoms with Crippen LogP contribution in [0.4, 0.5) is 0 Å². The van der Waals surface area contributed by atoms with Crippen molar-refractivity contribution in [3.63, 3.8) is 0 Å². The first-order valence-electron chi connectivity index (χ1n) is 6.95. The van der Waals surface area contributed by atoms with Crippen LogP contribution in [0, 0.1) is 0 Å². The van der Waals surface area contributed by atoms with Gasteiger partial charge in [0.05, 0.1) is 6.54 Å². The molecule has 0 saturated heterocycles. The number of benzene rings is 1. The van der Waals surface area contributed by atoms with E-state index >= 15 is 0 Å². The van der Waals surface area contributed by atoms with Gasteiger partial charge in [-0.1, -0.05) is 25.5 Å². The van der Waals surface area contributed by atoms with Gasteiger partial charge in [-0.15, -0.1) is 0 Å². The molecule has 0 heterocycles. The summed E-state index contributed by atoms with van der Waals surface area (Å²) in [5.41, 5.74) is 1.67. The quantitative estimate of drug-likeness (QED) is 0.622. The molecule has 0 radical (unpaired) electrons. The molecule has 5 nitrogen and oxygen atoms in total. The predicted molar refractivity (Wildman–Crippen MR) is 79.5 cm³/mol. The van der Waals surface area contributed by atoms with E-state index in [4.69, 9.17) is 0 Å². The minimum absolute atomic E-state index is 0.0147. The Morgan fingerprint density at radius 3 is 2.40 bits per heavy atom. The van der Waals surface area contributed by atoms with Crippen molar-refractivity contribution in [3.8, 4) is 0 Å². The van der Waals surface area contributed by atoms with Crippen molar-refractivity contribution in [3.05, 3.63) is 35.4 Å². The summed E-state index contributed by atoms with van der Waals surface area (Å²) in [6, 6.07) is 7.31. The van der Waals surface area contributed by atoms with E-state index in [0.29, 0.717) is 12.1 Å². The van der Waals surface area contributed by atoms with Crippen LogP contribution in [0.2, 0.25) is 0 Å². The summed E-state index contributed by atoms with van der Waals surface area (Å²) in [6.45, 7) is 3.50. The molecule has 5 heteroatoms. The summed E-state index contributed by atoms with van der Waals surface area (Å²) in [6.07, 6.45) is 1.98. The lowest BCUT2D eigenvalue weighted by atomic mass is 10.1. The van der Waals surface area contributed by atoms with Crippen LogP contribution in [-0.4, -0.2) is 32.0 Å². The van der Waals surface area contributed by atoms with E-state index in [1.165, 1.54) is 0 Å². The van der Waals surface area contributed by atoms with Gasteiger partial charge in [-0.2, -0.15) is 0 Å². The minimum atomic E-state index is -0.230. The number of hydrogen-bond acceptors (Lipinski definition) is 3. The van der Waals surface area contributed by atoms with Gasteiger partial charge in [0, 0.05) is 18.7 Å². The molecule has 0 unspecified atom stereocenters. The average molecular weight is 277 g/mol. The second-order valence-corrected chi connectivity index (χ2v) is 4.61. The predicted octanol–water partition coefficient (Wildman–Crippen LogP) is 1.05. The molecule has 1 aromatic carbocycles. The molecule has 1 aromatic rings. The first-order valence-corrected chi connectivity index (χ1v) is 6.95. The third-order valence-electron chi connectivity index (χ3n) is 2.86. The van der Waals surface area contributed by atoms with Gasteiger partial charge in [0.25, 0.3) is 5.91 Å². The van der Waals surface area contributed by atoms with Crippen molar-refractivity contribution in [1.29, 1.82) is 0 Å². The Bertz CT molecular complexity index is 429. The third-order valence-corrected chi connectivity index (χ3v) is 2.86. The highest BCUT2D eigenvalue weighted by Gasteiger charge is 2.07. The molecule has 0 aromatic heterocycles. The summed E-state index contributed by atoms with van der Waals surface area (Å²) in [4.78, 5) is 23.3. The second-order valence-electron chi connectivity index (χ2n) is 4.61. The lowest BCUT2D eigenvalue weighted by molar-refractivity contribution is -0.120. The van der Waals surface area contributed by atoms with Crippen LogP contribution in [0.3, 0.4) is 0 Å². The van der Waals surface area contributed by atoms with Gasteiger partial charge in [-0.3, -0.25) is 9.59 Å². The SMILES string of the molecule is CCCCNC(=O)CNC(=O)c1ccc(CNC)cc1. The van der Waals surface area contributed by atoms with E-state index in [1.807, 2.05) is 19.2 Å². The number of rotatable bonds is 8. The molecule has 0 aliphatic carbocycles. The fraction of sp³-hybridized carbons (Fsp3) is 0.467. The maximum absolute atomic E-state index is 11.8. The molecule has 20 heavy (non-hydrogen) atoms. The van der Waals surface area contributed by atoms with Crippen molar-refractivity contribution in [2.24, 2.45) is 0 Å². The molecule has 0 aliphatic heterocycles. The van der Waals surface area contributed by atoms with Crippen LogP contribution in [0.15, 0.2) is 24.3 Å². The van der Waals surface area contributed by atoms with Gasteiger partial charge in [-0.05, 0) is 31.2 Å². The Kier molecular flexibility index (Phi) is 7.35. The molecular formula is C15H23N3O2. The van der Waals surface area contributed by atoms with E-state index in [1.54, 1.807) is 12.1 Å². The molecule has 0 fully saturated rings. The highest BCUT2D eigenvalue weighted by atomic mass is 16.2. The monoisotopic (exact) mass is 277 g/mol. The third kappa shape index (κ3) is 5.84. The molecule has 110 valence electrons. The molecule has 3 N–H and O–H groups in total. The lowest BCUT2D eigenvalue weighted by Gasteiger charge is -2.07. The Morgan fingerprint density at radius 1 is 1.10 bits per heavy atom. The molecule has 0 saturated carbocycles. The molecule has 2 amide bonds. The standard InChI is InChI=1S/C15H23N3O2/c1-3-4-9-17-14(19)11-18-15(20)13-7-5-12(6-8-13)10-16-2/h5-8,16H,3-4,9-11H2,1-2H3,(H,17,19)(H,18,20). The highest BCUT2D eigenvalue weighted by Crippen LogP contribution is 2.03. The maximum Gasteiger partial charge on any atom is 0.251 e. The van der Waals surface area contributed by atoms with Crippen LogP contribution in [-0.2, 0) is 11.3 Å². The van der Waals surface area contributed by atoms with Gasteiger partial charge in [0.15, 0.2) is 0 Å². The Morgan fingerprint density at radius 2 is 1.80 bits per heavy atom. The van der Waals surface area contributed by atoms with Crippen molar-refractivity contribution in [1.82, 2.24) is 16.0 Å². The van der Waals surface area contributed by atoms with Gasteiger partial charge >= 0.3 is 0 Å². The summed E-state index contributed by atoms with van der Waals surface area (Å²) < 4.78 is 0. The van der Waals surface area contributed by atoms with Gasteiger partial charge in [-0.25, -0.2) is 0 Å². The lowest BCUT2D eigenvalue weighted by Crippen LogP contribution is -2.37. The number of carbonyl (C=O) groups is 2. The number of carbonyl (C=O) groups excluding carboxylic acids is 2. The van der Waals surface area contributed by atoms with Crippen molar-refractivity contribution in [2.75, 3.05) is 20.1 Å². The van der Waals surface area contributed by atoms with E-state index in [0.717, 1.165) is 24.9 Å². The van der Waals surface area contributed by atoms with Gasteiger partial charge in [0.2, 0.25) is 5.91 Å². The molecule has 0 atom stereocenters. The first kappa shape index (κ1) is 16.2. The average Bonchev–Trinajstić information content (AvgIpc) is 2.46. The molecule has 0 aliphatic rings. The summed E-state index contributed by atoms with van der Waals surface area (Å²) in [5.74, 6) is -0.384. The molecular weight excluding hydrogens is 254 g/mol. The number of amides is 2. The Labute approximate surface area is 120 Å². The van der Waals surface area contributed by atoms with Crippen LogP contribution in [0.1, 0.15) is 35.7 Å². The molecule has 1 rings (SSSR count). The van der Waals surface area contributed by atoms with Crippen LogP contribution in [0.25, 0.3) is 0 Å². The topological polar surface area (TPSA) is 70.2 Å². The van der Waals surface area contributed by atoms with E-state index in [9.17, 15) is 9.59 Å². The Hall–Kier alpha value is -1.88. The number of unbranched alkanes of at least 4 members (excludes halogenated alkanes) is 1. The zero-order valence-corrected chi connectivity index (χ0v) is 12.2. The van der Waals surface area contributed by atoms with Crippen LogP contribution in [0.5, 0.6) is 0 Å². The summed E-state index contributed by atoms with van der Waals surface area (Å²) in [7, 11) is 1.87. The normalized spacial score (nSPS) is 10.1. The van der Waals surface area contributed by atoms with E-state index in [2.05, 4.69) is 22.9 Å². The maximum atomic E-state index is 11.8.